The average molecular weight is 216 g/mol. The van der Waals surface area contributed by atoms with Crippen molar-refractivity contribution in [3.63, 3.8) is 0 Å². The zero-order valence-corrected chi connectivity index (χ0v) is 7.07. The van der Waals surface area contributed by atoms with Gasteiger partial charge in [-0.1, -0.05) is 0 Å². The summed E-state index contributed by atoms with van der Waals surface area (Å²) in [6.07, 6.45) is 0. The Morgan fingerprint density at radius 3 is 2.42 bits per heavy atom. The summed E-state index contributed by atoms with van der Waals surface area (Å²) < 4.78 is 34.8. The summed E-state index contributed by atoms with van der Waals surface area (Å²) in [5.74, 6) is 0. The zero-order chi connectivity index (χ0) is 9.19. The van der Waals surface area contributed by atoms with Gasteiger partial charge in [0.1, 0.15) is 5.03 Å². The Morgan fingerprint density at radius 1 is 1.33 bits per heavy atom. The van der Waals surface area contributed by atoms with Crippen molar-refractivity contribution in [3.8, 4) is 0 Å². The van der Waals surface area contributed by atoms with Crippen LogP contribution in [0.3, 0.4) is 0 Å². The highest BCUT2D eigenvalue weighted by Crippen LogP contribution is 2.42. The van der Waals surface area contributed by atoms with E-state index in [9.17, 15) is 18.0 Å². The quantitative estimate of drug-likeness (QED) is 0.743. The lowest BCUT2D eigenvalue weighted by Crippen LogP contribution is -1.95. The molecule has 0 spiro atoms. The van der Waals surface area contributed by atoms with Crippen molar-refractivity contribution >= 4 is 21.6 Å². The summed E-state index contributed by atoms with van der Waals surface area (Å²) in [5, 5.41) is 4.56. The second-order valence-corrected chi connectivity index (χ2v) is 3.97. The van der Waals surface area contributed by atoms with Gasteiger partial charge in [-0.2, -0.15) is 13.2 Å². The van der Waals surface area contributed by atoms with Crippen molar-refractivity contribution in [2.24, 2.45) is 0 Å². The van der Waals surface area contributed by atoms with E-state index in [0.717, 1.165) is 6.07 Å². The molecular formula is C4H3F3N2OS2. The van der Waals surface area contributed by atoms with E-state index < -0.39 is 11.1 Å². The van der Waals surface area contributed by atoms with Crippen LogP contribution in [0.25, 0.3) is 0 Å². The first kappa shape index (κ1) is 9.59. The van der Waals surface area contributed by atoms with Crippen LogP contribution in [-0.2, 0) is 0 Å². The highest BCUT2D eigenvalue weighted by atomic mass is 33.1. The lowest BCUT2D eigenvalue weighted by Gasteiger charge is -2.01. The van der Waals surface area contributed by atoms with E-state index in [4.69, 9.17) is 0 Å². The summed E-state index contributed by atoms with van der Waals surface area (Å²) >= 11 is 0. The van der Waals surface area contributed by atoms with Gasteiger partial charge in [-0.15, -0.1) is 0 Å². The molecular weight excluding hydrogens is 213 g/mol. The minimum absolute atomic E-state index is 0.155. The minimum Gasteiger partial charge on any atom is -0.291 e. The molecule has 1 aromatic heterocycles. The molecule has 1 aromatic rings. The van der Waals surface area contributed by atoms with E-state index in [-0.39, 0.29) is 15.8 Å². The number of nitrogens with one attached hydrogen (secondary N) is 2. The first-order valence-electron chi connectivity index (χ1n) is 2.67. The van der Waals surface area contributed by atoms with Crippen molar-refractivity contribution in [2.75, 3.05) is 0 Å². The van der Waals surface area contributed by atoms with Gasteiger partial charge in [-0.3, -0.25) is 15.0 Å². The number of alkyl halides is 3. The van der Waals surface area contributed by atoms with Gasteiger partial charge in [-0.25, -0.2) is 0 Å². The third kappa shape index (κ3) is 3.26. The maximum Gasteiger partial charge on any atom is 0.452 e. The molecule has 0 aliphatic heterocycles. The second-order valence-electron chi connectivity index (χ2n) is 1.74. The Morgan fingerprint density at radius 2 is 2.00 bits per heavy atom. The number of hydrogen-bond acceptors (Lipinski definition) is 3. The van der Waals surface area contributed by atoms with Gasteiger partial charge in [0, 0.05) is 16.9 Å². The molecule has 3 nitrogen and oxygen atoms in total. The molecule has 0 saturated carbocycles. The van der Waals surface area contributed by atoms with Crippen LogP contribution in [0, 0.1) is 0 Å². The van der Waals surface area contributed by atoms with Crippen molar-refractivity contribution in [1.82, 2.24) is 10.2 Å². The zero-order valence-electron chi connectivity index (χ0n) is 5.44. The number of rotatable bonds is 2. The summed E-state index contributed by atoms with van der Waals surface area (Å²) in [6.45, 7) is 0. The van der Waals surface area contributed by atoms with E-state index >= 15 is 0 Å². The summed E-state index contributed by atoms with van der Waals surface area (Å²) in [6, 6.07) is 1.06. The van der Waals surface area contributed by atoms with Gasteiger partial charge >= 0.3 is 5.51 Å². The normalized spacial score (nSPS) is 11.9. The van der Waals surface area contributed by atoms with Gasteiger partial charge in [-0.05, 0) is 10.8 Å². The summed E-state index contributed by atoms with van der Waals surface area (Å²) in [4.78, 5) is 10.4. The fraction of sp³-hybridized carbons (Fsp3) is 0.250. The fourth-order valence-corrected chi connectivity index (χ4v) is 1.71. The number of aromatic amines is 2. The lowest BCUT2D eigenvalue weighted by atomic mass is 10.7. The van der Waals surface area contributed by atoms with Gasteiger partial charge < -0.3 is 0 Å². The molecule has 0 fully saturated rings. The van der Waals surface area contributed by atoms with Crippen LogP contribution in [0.2, 0.25) is 0 Å². The Labute approximate surface area is 72.5 Å². The molecule has 2 N–H and O–H groups in total. The highest BCUT2D eigenvalue weighted by Gasteiger charge is 2.29. The van der Waals surface area contributed by atoms with Crippen molar-refractivity contribution in [1.29, 1.82) is 0 Å². The third-order valence-electron chi connectivity index (χ3n) is 0.797. The Balaban J connectivity index is 2.49. The number of hydrogen-bond donors (Lipinski definition) is 2. The van der Waals surface area contributed by atoms with E-state index in [1.807, 2.05) is 0 Å². The molecule has 0 aliphatic rings. The van der Waals surface area contributed by atoms with Crippen LogP contribution in [0.4, 0.5) is 13.2 Å². The molecule has 0 saturated heterocycles. The first-order valence-corrected chi connectivity index (χ1v) is 4.82. The average Bonchev–Trinajstić information content (AvgIpc) is 2.30. The standard InChI is InChI=1S/C4H3F3N2OS2/c5-4(6,7)12-11-3-1-2(10)8-9-3/h1H,(H2,8,9,10). The van der Waals surface area contributed by atoms with Crippen molar-refractivity contribution in [2.45, 2.75) is 10.5 Å². The molecule has 0 atom stereocenters. The van der Waals surface area contributed by atoms with Crippen LogP contribution < -0.4 is 5.56 Å². The van der Waals surface area contributed by atoms with Crippen LogP contribution in [0.5, 0.6) is 0 Å². The number of halogens is 3. The number of H-pyrrole nitrogens is 2. The van der Waals surface area contributed by atoms with Crippen molar-refractivity contribution < 1.29 is 13.2 Å². The largest absolute Gasteiger partial charge is 0.452 e. The minimum atomic E-state index is -4.29. The van der Waals surface area contributed by atoms with E-state index in [1.165, 1.54) is 0 Å². The molecule has 68 valence electrons. The molecule has 0 unspecified atom stereocenters. The second kappa shape index (κ2) is 3.48. The van der Waals surface area contributed by atoms with Crippen LogP contribution in [0.1, 0.15) is 0 Å². The maximum absolute atomic E-state index is 11.6. The van der Waals surface area contributed by atoms with Gasteiger partial charge in [0.2, 0.25) is 0 Å². The molecule has 0 radical (unpaired) electrons. The smallest absolute Gasteiger partial charge is 0.291 e. The third-order valence-corrected chi connectivity index (χ3v) is 2.82. The molecule has 1 rings (SSSR count). The highest BCUT2D eigenvalue weighted by molar-refractivity contribution is 8.77. The lowest BCUT2D eigenvalue weighted by molar-refractivity contribution is -0.0311. The predicted octanol–water partition coefficient (Wildman–Crippen LogP) is 1.96. The molecule has 0 bridgehead atoms. The predicted molar refractivity (Wildman–Crippen MR) is 40.9 cm³/mol. The maximum atomic E-state index is 11.6. The number of aromatic nitrogens is 2. The Bertz CT molecular complexity index is 304. The van der Waals surface area contributed by atoms with Crippen LogP contribution >= 0.6 is 21.6 Å². The molecule has 0 aromatic carbocycles. The first-order chi connectivity index (χ1) is 5.47. The van der Waals surface area contributed by atoms with Crippen LogP contribution in [-0.4, -0.2) is 15.7 Å². The van der Waals surface area contributed by atoms with Crippen LogP contribution in [0.15, 0.2) is 15.9 Å². The Kier molecular flexibility index (Phi) is 2.78. The molecule has 1 heterocycles. The monoisotopic (exact) mass is 216 g/mol. The topological polar surface area (TPSA) is 48.6 Å². The molecule has 8 heteroatoms. The van der Waals surface area contributed by atoms with Crippen molar-refractivity contribution in [3.05, 3.63) is 16.4 Å². The van der Waals surface area contributed by atoms with Gasteiger partial charge in [0.15, 0.2) is 0 Å². The SMILES string of the molecule is O=c1cc(SSC(F)(F)F)[nH][nH]1. The molecule has 0 aliphatic carbocycles. The molecule has 0 amide bonds. The van der Waals surface area contributed by atoms with E-state index in [1.54, 1.807) is 0 Å². The summed E-state index contributed by atoms with van der Waals surface area (Å²) in [5.41, 5.74) is -4.74. The molecule has 12 heavy (non-hydrogen) atoms. The van der Waals surface area contributed by atoms with E-state index in [0.29, 0.717) is 10.8 Å². The van der Waals surface area contributed by atoms with Gasteiger partial charge in [0.25, 0.3) is 5.56 Å². The van der Waals surface area contributed by atoms with Gasteiger partial charge in [0.05, 0.1) is 0 Å². The summed E-state index contributed by atoms with van der Waals surface area (Å²) in [7, 11) is 0.180. The van der Waals surface area contributed by atoms with E-state index in [2.05, 4.69) is 10.2 Å². The Hall–Kier alpha value is -0.500. The fourth-order valence-electron chi connectivity index (χ4n) is 0.451.